The molecule has 4 nitrogen and oxygen atoms in total. The first-order valence-electron chi connectivity index (χ1n) is 3.76. The summed E-state index contributed by atoms with van der Waals surface area (Å²) in [4.78, 5) is 14.7. The largest absolute Gasteiger partial charge is 0.469 e. The van der Waals surface area contributed by atoms with E-state index in [1.165, 1.54) is 7.11 Å². The molecule has 66 valence electrons. The fourth-order valence-corrected chi connectivity index (χ4v) is 0.789. The third-order valence-electron chi connectivity index (χ3n) is 1.47. The molecule has 0 spiro atoms. The van der Waals surface area contributed by atoms with Crippen molar-refractivity contribution in [1.82, 2.24) is 4.98 Å². The van der Waals surface area contributed by atoms with Gasteiger partial charge >= 0.3 is 5.97 Å². The minimum absolute atomic E-state index is 0.108. The Morgan fingerprint density at radius 3 is 3.00 bits per heavy atom. The molecule has 0 aliphatic carbocycles. The van der Waals surface area contributed by atoms with Crippen LogP contribution in [0.15, 0.2) is 10.6 Å². The van der Waals surface area contributed by atoms with Crippen molar-refractivity contribution in [3.05, 3.63) is 17.8 Å². The summed E-state index contributed by atoms with van der Waals surface area (Å²) in [5.41, 5.74) is 0. The number of nitrogens with zero attached hydrogens (tertiary/aromatic N) is 1. The van der Waals surface area contributed by atoms with Gasteiger partial charge in [-0.1, -0.05) is 6.92 Å². The third-order valence-corrected chi connectivity index (χ3v) is 1.47. The van der Waals surface area contributed by atoms with Crippen molar-refractivity contribution in [3.63, 3.8) is 0 Å². The zero-order chi connectivity index (χ0) is 8.97. The van der Waals surface area contributed by atoms with Gasteiger partial charge in [-0.3, -0.25) is 4.79 Å². The fraction of sp³-hybridized carbons (Fsp3) is 0.500. The monoisotopic (exact) mass is 169 g/mol. The second kappa shape index (κ2) is 3.90. The predicted molar refractivity (Wildman–Crippen MR) is 41.6 cm³/mol. The van der Waals surface area contributed by atoms with E-state index < -0.39 is 0 Å². The fourth-order valence-electron chi connectivity index (χ4n) is 0.789. The van der Waals surface area contributed by atoms with Crippen LogP contribution in [-0.2, 0) is 22.4 Å². The van der Waals surface area contributed by atoms with Crippen LogP contribution in [0.4, 0.5) is 0 Å². The molecule has 12 heavy (non-hydrogen) atoms. The molecule has 0 aliphatic rings. The van der Waals surface area contributed by atoms with E-state index in [1.807, 2.05) is 6.92 Å². The summed E-state index contributed by atoms with van der Waals surface area (Å²) in [6.07, 6.45) is 2.52. The molecule has 0 saturated carbocycles. The van der Waals surface area contributed by atoms with E-state index in [4.69, 9.17) is 4.42 Å². The molecule has 0 unspecified atom stereocenters. The van der Waals surface area contributed by atoms with Gasteiger partial charge in [0.05, 0.1) is 13.3 Å². The van der Waals surface area contributed by atoms with Crippen molar-refractivity contribution in [2.75, 3.05) is 7.11 Å². The minimum atomic E-state index is -0.334. The summed E-state index contributed by atoms with van der Waals surface area (Å²) in [5.74, 6) is 0.868. The number of methoxy groups -OCH3 is 1. The van der Waals surface area contributed by atoms with Crippen molar-refractivity contribution in [1.29, 1.82) is 0 Å². The van der Waals surface area contributed by atoms with Gasteiger partial charge in [0.15, 0.2) is 0 Å². The van der Waals surface area contributed by atoms with Gasteiger partial charge < -0.3 is 9.15 Å². The summed E-state index contributed by atoms with van der Waals surface area (Å²) >= 11 is 0. The molecule has 1 aromatic rings. The number of hydrogen-bond donors (Lipinski definition) is 0. The summed E-state index contributed by atoms with van der Waals surface area (Å²) < 4.78 is 9.65. The standard InChI is InChI=1S/C8H11NO3/c1-3-6-5-9-7(12-6)4-8(10)11-2/h5H,3-4H2,1-2H3. The van der Waals surface area contributed by atoms with Crippen molar-refractivity contribution in [2.45, 2.75) is 19.8 Å². The Morgan fingerprint density at radius 2 is 2.50 bits per heavy atom. The lowest BCUT2D eigenvalue weighted by atomic mass is 10.4. The van der Waals surface area contributed by atoms with E-state index in [0.717, 1.165) is 12.2 Å². The van der Waals surface area contributed by atoms with Crippen LogP contribution < -0.4 is 0 Å². The van der Waals surface area contributed by atoms with E-state index in [1.54, 1.807) is 6.20 Å². The summed E-state index contributed by atoms with van der Waals surface area (Å²) in [5, 5.41) is 0. The van der Waals surface area contributed by atoms with E-state index in [-0.39, 0.29) is 12.4 Å². The van der Waals surface area contributed by atoms with Crippen LogP contribution in [0.5, 0.6) is 0 Å². The highest BCUT2D eigenvalue weighted by Crippen LogP contribution is 2.04. The number of oxazole rings is 1. The highest BCUT2D eigenvalue weighted by molar-refractivity contribution is 5.71. The summed E-state index contributed by atoms with van der Waals surface area (Å²) in [6, 6.07) is 0. The molecule has 0 radical (unpaired) electrons. The van der Waals surface area contributed by atoms with Crippen LogP contribution in [0.1, 0.15) is 18.6 Å². The Bertz CT molecular complexity index is 267. The molecule has 0 aliphatic heterocycles. The molecular formula is C8H11NO3. The van der Waals surface area contributed by atoms with Gasteiger partial charge in [0.2, 0.25) is 5.89 Å². The number of aryl methyl sites for hydroxylation is 1. The number of carbonyl (C=O) groups excluding carboxylic acids is 1. The zero-order valence-corrected chi connectivity index (χ0v) is 7.16. The van der Waals surface area contributed by atoms with Crippen LogP contribution in [-0.4, -0.2) is 18.1 Å². The maximum atomic E-state index is 10.8. The molecule has 4 heteroatoms. The summed E-state index contributed by atoms with van der Waals surface area (Å²) in [7, 11) is 1.34. The number of aromatic nitrogens is 1. The molecule has 1 heterocycles. The molecular weight excluding hydrogens is 158 g/mol. The van der Waals surface area contributed by atoms with E-state index >= 15 is 0 Å². The Morgan fingerprint density at radius 1 is 1.75 bits per heavy atom. The Kier molecular flexibility index (Phi) is 2.85. The molecule has 0 aromatic carbocycles. The molecule has 0 bridgehead atoms. The van der Waals surface area contributed by atoms with Crippen molar-refractivity contribution in [2.24, 2.45) is 0 Å². The number of ether oxygens (including phenoxy) is 1. The molecule has 0 saturated heterocycles. The topological polar surface area (TPSA) is 52.3 Å². The van der Waals surface area contributed by atoms with Gasteiger partial charge in [-0.25, -0.2) is 4.98 Å². The minimum Gasteiger partial charge on any atom is -0.469 e. The first-order valence-corrected chi connectivity index (χ1v) is 3.76. The van der Waals surface area contributed by atoms with Crippen LogP contribution in [0.2, 0.25) is 0 Å². The first-order chi connectivity index (χ1) is 5.76. The van der Waals surface area contributed by atoms with E-state index in [9.17, 15) is 4.79 Å². The third kappa shape index (κ3) is 2.08. The number of hydrogen-bond acceptors (Lipinski definition) is 4. The Labute approximate surface area is 70.5 Å². The van der Waals surface area contributed by atoms with Gasteiger partial charge in [-0.05, 0) is 0 Å². The Balaban J connectivity index is 2.58. The number of esters is 1. The van der Waals surface area contributed by atoms with Gasteiger partial charge in [0.25, 0.3) is 0 Å². The number of carbonyl (C=O) groups is 1. The average Bonchev–Trinajstić information content (AvgIpc) is 2.52. The molecule has 0 atom stereocenters. The maximum absolute atomic E-state index is 10.8. The lowest BCUT2D eigenvalue weighted by molar-refractivity contribution is -0.140. The van der Waals surface area contributed by atoms with Crippen molar-refractivity contribution in [3.8, 4) is 0 Å². The quantitative estimate of drug-likeness (QED) is 0.632. The van der Waals surface area contributed by atoms with Crippen molar-refractivity contribution < 1.29 is 13.9 Å². The highest BCUT2D eigenvalue weighted by Gasteiger charge is 2.07. The van der Waals surface area contributed by atoms with Gasteiger partial charge in [0.1, 0.15) is 12.2 Å². The van der Waals surface area contributed by atoms with Crippen LogP contribution in [0.25, 0.3) is 0 Å². The Hall–Kier alpha value is -1.32. The van der Waals surface area contributed by atoms with Crippen molar-refractivity contribution >= 4 is 5.97 Å². The lowest BCUT2D eigenvalue weighted by Crippen LogP contribution is -2.04. The van der Waals surface area contributed by atoms with Crippen LogP contribution >= 0.6 is 0 Å². The zero-order valence-electron chi connectivity index (χ0n) is 7.16. The van der Waals surface area contributed by atoms with Crippen LogP contribution in [0, 0.1) is 0 Å². The van der Waals surface area contributed by atoms with E-state index in [0.29, 0.717) is 5.89 Å². The maximum Gasteiger partial charge on any atom is 0.314 e. The van der Waals surface area contributed by atoms with E-state index in [2.05, 4.69) is 9.72 Å². The first kappa shape index (κ1) is 8.77. The van der Waals surface area contributed by atoms with Gasteiger partial charge in [0, 0.05) is 6.42 Å². The average molecular weight is 169 g/mol. The molecule has 0 fully saturated rings. The SMILES string of the molecule is CCc1cnc(CC(=O)OC)o1. The molecule has 0 N–H and O–H groups in total. The number of rotatable bonds is 3. The highest BCUT2D eigenvalue weighted by atomic mass is 16.5. The van der Waals surface area contributed by atoms with Gasteiger partial charge in [-0.15, -0.1) is 0 Å². The molecule has 1 rings (SSSR count). The van der Waals surface area contributed by atoms with Gasteiger partial charge in [-0.2, -0.15) is 0 Å². The second-order valence-electron chi connectivity index (χ2n) is 2.33. The smallest absolute Gasteiger partial charge is 0.314 e. The predicted octanol–water partition coefficient (Wildman–Crippen LogP) is 0.952. The second-order valence-corrected chi connectivity index (χ2v) is 2.33. The lowest BCUT2D eigenvalue weighted by Gasteiger charge is -1.93. The molecule has 0 amide bonds. The molecule has 1 aromatic heterocycles. The normalized spacial score (nSPS) is 9.83. The summed E-state index contributed by atoms with van der Waals surface area (Å²) in [6.45, 7) is 1.96. The van der Waals surface area contributed by atoms with Crippen LogP contribution in [0.3, 0.4) is 0 Å².